The van der Waals surface area contributed by atoms with Crippen LogP contribution >= 0.6 is 0 Å². The van der Waals surface area contributed by atoms with Gasteiger partial charge in [0.1, 0.15) is 5.82 Å². The number of carbonyl (C=O) groups excluding carboxylic acids is 2. The number of halogens is 1. The Balaban J connectivity index is 1.81. The molecule has 6 heteroatoms. The number of amides is 3. The van der Waals surface area contributed by atoms with Crippen LogP contribution in [-0.2, 0) is 4.79 Å². The summed E-state index contributed by atoms with van der Waals surface area (Å²) in [6.45, 7) is 6.82. The summed E-state index contributed by atoms with van der Waals surface area (Å²) >= 11 is 0. The first-order valence-corrected chi connectivity index (χ1v) is 7.88. The molecule has 2 N–H and O–H groups in total. The molecule has 0 unspecified atom stereocenters. The summed E-state index contributed by atoms with van der Waals surface area (Å²) in [6, 6.07) is 5.59. The van der Waals surface area contributed by atoms with Gasteiger partial charge in [-0.25, -0.2) is 9.18 Å². The van der Waals surface area contributed by atoms with E-state index in [2.05, 4.69) is 10.6 Å². The lowest BCUT2D eigenvalue weighted by atomic mass is 9.94. The van der Waals surface area contributed by atoms with Gasteiger partial charge in [0.2, 0.25) is 5.91 Å². The molecule has 1 heterocycles. The van der Waals surface area contributed by atoms with Gasteiger partial charge in [0.05, 0.1) is 0 Å². The van der Waals surface area contributed by atoms with Crippen molar-refractivity contribution in [2.75, 3.05) is 18.4 Å². The minimum absolute atomic E-state index is 0.0340. The fourth-order valence-electron chi connectivity index (χ4n) is 2.36. The molecule has 0 aliphatic carbocycles. The van der Waals surface area contributed by atoms with Gasteiger partial charge in [-0.15, -0.1) is 0 Å². The van der Waals surface area contributed by atoms with E-state index in [9.17, 15) is 14.0 Å². The third-order valence-electron chi connectivity index (χ3n) is 3.89. The maximum Gasteiger partial charge on any atom is 0.321 e. The van der Waals surface area contributed by atoms with Crippen LogP contribution in [0.25, 0.3) is 0 Å². The predicted molar refractivity (Wildman–Crippen MR) is 87.6 cm³/mol. The molecule has 3 amide bonds. The summed E-state index contributed by atoms with van der Waals surface area (Å²) in [7, 11) is 0. The van der Waals surface area contributed by atoms with Gasteiger partial charge >= 0.3 is 6.03 Å². The van der Waals surface area contributed by atoms with Gasteiger partial charge in [0.15, 0.2) is 0 Å². The molecule has 1 aromatic carbocycles. The summed E-state index contributed by atoms with van der Waals surface area (Å²) in [5, 5.41) is 5.79. The van der Waals surface area contributed by atoms with Gasteiger partial charge in [-0.3, -0.25) is 4.79 Å². The van der Waals surface area contributed by atoms with Gasteiger partial charge in [0.25, 0.3) is 0 Å². The lowest BCUT2D eigenvalue weighted by Crippen LogP contribution is -2.49. The highest BCUT2D eigenvalue weighted by Gasteiger charge is 2.27. The second-order valence-electron chi connectivity index (χ2n) is 6.92. The maximum atomic E-state index is 12.9. The molecule has 1 fully saturated rings. The van der Waals surface area contributed by atoms with Gasteiger partial charge in [-0.05, 0) is 37.1 Å². The molecule has 1 aliphatic rings. The third-order valence-corrected chi connectivity index (χ3v) is 3.89. The number of hydrogen-bond donors (Lipinski definition) is 2. The van der Waals surface area contributed by atoms with Crippen molar-refractivity contribution < 1.29 is 14.0 Å². The number of carbonyl (C=O) groups is 2. The van der Waals surface area contributed by atoms with E-state index in [0.29, 0.717) is 18.8 Å². The molecular weight excluding hydrogens is 297 g/mol. The first-order chi connectivity index (χ1) is 10.8. The molecule has 1 aliphatic heterocycles. The van der Waals surface area contributed by atoms with E-state index in [4.69, 9.17) is 0 Å². The Hall–Kier alpha value is -2.11. The van der Waals surface area contributed by atoms with Crippen molar-refractivity contribution in [2.45, 2.75) is 39.7 Å². The largest absolute Gasteiger partial charge is 0.353 e. The van der Waals surface area contributed by atoms with Crippen LogP contribution in [0.5, 0.6) is 0 Å². The van der Waals surface area contributed by atoms with E-state index in [0.717, 1.165) is 12.8 Å². The summed E-state index contributed by atoms with van der Waals surface area (Å²) in [5.74, 6) is -0.301. The van der Waals surface area contributed by atoms with Crippen molar-refractivity contribution in [3.05, 3.63) is 30.1 Å². The number of piperidine rings is 1. The lowest BCUT2D eigenvalue weighted by molar-refractivity contribution is -0.129. The van der Waals surface area contributed by atoms with Gasteiger partial charge in [-0.1, -0.05) is 20.8 Å². The SMILES string of the molecule is CC(C)(C)C(=O)NC1CCN(C(=O)Nc2ccc(F)cc2)CC1. The van der Waals surface area contributed by atoms with Crippen LogP contribution in [0, 0.1) is 11.2 Å². The van der Waals surface area contributed by atoms with Crippen LogP contribution in [-0.4, -0.2) is 36.0 Å². The molecule has 0 saturated carbocycles. The fraction of sp³-hybridized carbons (Fsp3) is 0.529. The third kappa shape index (κ3) is 4.94. The smallest absolute Gasteiger partial charge is 0.321 e. The van der Waals surface area contributed by atoms with Crippen molar-refractivity contribution in [1.82, 2.24) is 10.2 Å². The Bertz CT molecular complexity index is 558. The predicted octanol–water partition coefficient (Wildman–Crippen LogP) is 2.98. The maximum absolute atomic E-state index is 12.9. The molecule has 0 bridgehead atoms. The normalized spacial score (nSPS) is 16.1. The quantitative estimate of drug-likeness (QED) is 0.879. The number of nitrogens with one attached hydrogen (secondary N) is 2. The number of nitrogens with zero attached hydrogens (tertiary/aromatic N) is 1. The zero-order valence-electron chi connectivity index (χ0n) is 13.9. The number of anilines is 1. The van der Waals surface area contributed by atoms with Crippen LogP contribution in [0.4, 0.5) is 14.9 Å². The Labute approximate surface area is 136 Å². The van der Waals surface area contributed by atoms with E-state index in [1.54, 1.807) is 4.90 Å². The van der Waals surface area contributed by atoms with Crippen LogP contribution in [0.1, 0.15) is 33.6 Å². The summed E-state index contributed by atoms with van der Waals surface area (Å²) in [4.78, 5) is 25.9. The van der Waals surface area contributed by atoms with Crippen molar-refractivity contribution in [3.8, 4) is 0 Å². The van der Waals surface area contributed by atoms with Gasteiger partial charge in [-0.2, -0.15) is 0 Å². The Kier molecular flexibility index (Phi) is 5.23. The molecule has 0 atom stereocenters. The molecule has 1 saturated heterocycles. The van der Waals surface area contributed by atoms with E-state index in [1.165, 1.54) is 24.3 Å². The molecule has 1 aromatic rings. The number of likely N-dealkylation sites (tertiary alicyclic amines) is 1. The standard InChI is InChI=1S/C17H24FN3O2/c1-17(2,3)15(22)19-14-8-10-21(11-9-14)16(23)20-13-6-4-12(18)5-7-13/h4-7,14H,8-11H2,1-3H3,(H,19,22)(H,20,23). The van der Waals surface area contributed by atoms with Crippen molar-refractivity contribution >= 4 is 17.6 Å². The number of benzene rings is 1. The molecule has 0 aromatic heterocycles. The van der Waals surface area contributed by atoms with Crippen LogP contribution < -0.4 is 10.6 Å². The Morgan fingerprint density at radius 1 is 1.13 bits per heavy atom. The number of rotatable bonds is 2. The second-order valence-corrected chi connectivity index (χ2v) is 6.92. The molecule has 0 spiro atoms. The Morgan fingerprint density at radius 3 is 2.22 bits per heavy atom. The first-order valence-electron chi connectivity index (χ1n) is 7.88. The van der Waals surface area contributed by atoms with E-state index < -0.39 is 5.41 Å². The molecular formula is C17H24FN3O2. The molecule has 0 radical (unpaired) electrons. The zero-order chi connectivity index (χ0) is 17.0. The number of urea groups is 1. The summed E-state index contributed by atoms with van der Waals surface area (Å²) < 4.78 is 12.9. The average molecular weight is 321 g/mol. The second kappa shape index (κ2) is 6.98. The topological polar surface area (TPSA) is 61.4 Å². The highest BCUT2D eigenvalue weighted by molar-refractivity contribution is 5.89. The monoisotopic (exact) mass is 321 g/mol. The molecule has 23 heavy (non-hydrogen) atoms. The molecule has 126 valence electrons. The summed E-state index contributed by atoms with van der Waals surface area (Å²) in [6.07, 6.45) is 1.47. The highest BCUT2D eigenvalue weighted by Crippen LogP contribution is 2.17. The molecule has 2 rings (SSSR count). The fourth-order valence-corrected chi connectivity index (χ4v) is 2.36. The van der Waals surface area contributed by atoms with E-state index in [-0.39, 0.29) is 23.8 Å². The Morgan fingerprint density at radius 2 is 1.70 bits per heavy atom. The van der Waals surface area contributed by atoms with E-state index in [1.807, 2.05) is 20.8 Å². The summed E-state index contributed by atoms with van der Waals surface area (Å²) in [5.41, 5.74) is 0.163. The minimum atomic E-state index is -0.406. The first kappa shape index (κ1) is 17.2. The lowest BCUT2D eigenvalue weighted by Gasteiger charge is -2.33. The van der Waals surface area contributed by atoms with E-state index >= 15 is 0 Å². The average Bonchev–Trinajstić information content (AvgIpc) is 2.49. The van der Waals surface area contributed by atoms with Crippen molar-refractivity contribution in [2.24, 2.45) is 5.41 Å². The van der Waals surface area contributed by atoms with Gasteiger partial charge < -0.3 is 15.5 Å². The highest BCUT2D eigenvalue weighted by atomic mass is 19.1. The van der Waals surface area contributed by atoms with Crippen molar-refractivity contribution in [1.29, 1.82) is 0 Å². The number of hydrogen-bond acceptors (Lipinski definition) is 2. The zero-order valence-corrected chi connectivity index (χ0v) is 13.9. The van der Waals surface area contributed by atoms with Crippen LogP contribution in [0.3, 0.4) is 0 Å². The van der Waals surface area contributed by atoms with Crippen LogP contribution in [0.2, 0.25) is 0 Å². The van der Waals surface area contributed by atoms with Crippen molar-refractivity contribution in [3.63, 3.8) is 0 Å². The molecule has 5 nitrogen and oxygen atoms in total. The minimum Gasteiger partial charge on any atom is -0.353 e. The van der Waals surface area contributed by atoms with Gasteiger partial charge in [0, 0.05) is 30.2 Å². The van der Waals surface area contributed by atoms with Crippen LogP contribution in [0.15, 0.2) is 24.3 Å².